The highest BCUT2D eigenvalue weighted by Crippen LogP contribution is 2.30. The summed E-state index contributed by atoms with van der Waals surface area (Å²) in [5.41, 5.74) is 0.620. The van der Waals surface area contributed by atoms with Gasteiger partial charge in [-0.3, -0.25) is 4.98 Å². The third kappa shape index (κ3) is 3.36. The van der Waals surface area contributed by atoms with Crippen LogP contribution in [0.3, 0.4) is 0 Å². The van der Waals surface area contributed by atoms with Gasteiger partial charge in [-0.1, -0.05) is 23.2 Å². The van der Waals surface area contributed by atoms with Gasteiger partial charge in [0.15, 0.2) is 0 Å². The third-order valence-corrected chi connectivity index (χ3v) is 2.73. The van der Waals surface area contributed by atoms with E-state index in [4.69, 9.17) is 33.0 Å². The number of benzene rings is 1. The lowest BCUT2D eigenvalue weighted by atomic mass is 10.2. The molecule has 1 heterocycles. The molecule has 4 nitrogen and oxygen atoms in total. The third-order valence-electron chi connectivity index (χ3n) is 2.30. The van der Waals surface area contributed by atoms with Gasteiger partial charge in [-0.2, -0.15) is 0 Å². The Morgan fingerprint density at radius 1 is 1.21 bits per heavy atom. The molecule has 0 aliphatic rings. The molecular formula is C13H9Cl2NO3. The molecule has 6 heteroatoms. The minimum Gasteiger partial charge on any atom is -0.477 e. The van der Waals surface area contributed by atoms with E-state index in [-0.39, 0.29) is 11.3 Å². The fourth-order valence-electron chi connectivity index (χ4n) is 1.49. The maximum atomic E-state index is 11.1. The smallest absolute Gasteiger partial charge is 0.341 e. The Bertz CT molecular complexity index is 624. The Morgan fingerprint density at radius 2 is 1.84 bits per heavy atom. The van der Waals surface area contributed by atoms with Gasteiger partial charge < -0.3 is 9.84 Å². The summed E-state index contributed by atoms with van der Waals surface area (Å²) < 4.78 is 5.52. The van der Waals surface area contributed by atoms with E-state index in [1.807, 2.05) is 0 Å². The molecule has 0 saturated carbocycles. The number of nitrogens with zero attached hydrogens (tertiary/aromatic N) is 1. The number of aromatic carboxylic acids is 1. The number of aryl methyl sites for hydroxylation is 1. The molecule has 1 N–H and O–H groups in total. The fourth-order valence-corrected chi connectivity index (χ4v) is 2.00. The fraction of sp³-hybridized carbons (Fsp3) is 0.0769. The molecule has 0 unspecified atom stereocenters. The van der Waals surface area contributed by atoms with E-state index in [0.29, 0.717) is 21.5 Å². The standard InChI is InChI=1S/C13H9Cl2NO3/c1-7-2-12(11(6-16-7)13(17)18)19-10-4-8(14)3-9(15)5-10/h2-6H,1H3,(H,17,18). The van der Waals surface area contributed by atoms with Gasteiger partial charge in [-0.25, -0.2) is 4.79 Å². The van der Waals surface area contributed by atoms with Gasteiger partial charge in [0.25, 0.3) is 0 Å². The minimum atomic E-state index is -1.12. The van der Waals surface area contributed by atoms with Crippen LogP contribution in [0.5, 0.6) is 11.5 Å². The van der Waals surface area contributed by atoms with Crippen LogP contribution >= 0.6 is 23.2 Å². The second kappa shape index (κ2) is 5.47. The Hall–Kier alpha value is -1.78. The molecule has 0 atom stereocenters. The molecule has 0 aliphatic heterocycles. The lowest BCUT2D eigenvalue weighted by Crippen LogP contribution is -2.01. The number of halogens is 2. The highest BCUT2D eigenvalue weighted by molar-refractivity contribution is 6.34. The van der Waals surface area contributed by atoms with E-state index in [1.54, 1.807) is 25.1 Å². The van der Waals surface area contributed by atoms with Crippen LogP contribution in [0.15, 0.2) is 30.5 Å². The molecule has 0 spiro atoms. The topological polar surface area (TPSA) is 59.4 Å². The van der Waals surface area contributed by atoms with Crippen LogP contribution < -0.4 is 4.74 Å². The van der Waals surface area contributed by atoms with Crippen LogP contribution in [-0.4, -0.2) is 16.1 Å². The summed E-state index contributed by atoms with van der Waals surface area (Å²) in [6.45, 7) is 1.74. The molecule has 1 aromatic carbocycles. The number of pyridine rings is 1. The molecule has 0 aliphatic carbocycles. The van der Waals surface area contributed by atoms with Crippen molar-refractivity contribution in [2.75, 3.05) is 0 Å². The van der Waals surface area contributed by atoms with Crippen molar-refractivity contribution in [1.29, 1.82) is 0 Å². The number of rotatable bonds is 3. The second-order valence-corrected chi connectivity index (χ2v) is 4.71. The molecule has 2 rings (SSSR count). The second-order valence-electron chi connectivity index (χ2n) is 3.83. The van der Waals surface area contributed by atoms with E-state index in [2.05, 4.69) is 4.98 Å². The quantitative estimate of drug-likeness (QED) is 0.923. The van der Waals surface area contributed by atoms with Crippen molar-refractivity contribution in [1.82, 2.24) is 4.98 Å². The Labute approximate surface area is 119 Å². The maximum Gasteiger partial charge on any atom is 0.341 e. The first kappa shape index (κ1) is 13.6. The van der Waals surface area contributed by atoms with Gasteiger partial charge in [0, 0.05) is 28.0 Å². The molecule has 1 aromatic heterocycles. The average molecular weight is 298 g/mol. The number of aromatic nitrogens is 1. The van der Waals surface area contributed by atoms with E-state index in [9.17, 15) is 4.79 Å². The number of carboxylic acid groups (broad SMARTS) is 1. The van der Waals surface area contributed by atoms with E-state index >= 15 is 0 Å². The highest BCUT2D eigenvalue weighted by Gasteiger charge is 2.13. The molecule has 0 bridgehead atoms. The predicted molar refractivity (Wildman–Crippen MR) is 72.5 cm³/mol. The van der Waals surface area contributed by atoms with Crippen molar-refractivity contribution in [3.8, 4) is 11.5 Å². The molecule has 0 fully saturated rings. The normalized spacial score (nSPS) is 10.3. The van der Waals surface area contributed by atoms with Gasteiger partial charge in [-0.15, -0.1) is 0 Å². The average Bonchev–Trinajstić information content (AvgIpc) is 2.26. The summed E-state index contributed by atoms with van der Waals surface area (Å²) in [5, 5.41) is 9.89. The summed E-state index contributed by atoms with van der Waals surface area (Å²) in [5.74, 6) is -0.556. The maximum absolute atomic E-state index is 11.1. The van der Waals surface area contributed by atoms with Crippen molar-refractivity contribution >= 4 is 29.2 Å². The van der Waals surface area contributed by atoms with Crippen LogP contribution in [-0.2, 0) is 0 Å². The first-order chi connectivity index (χ1) is 8.95. The molecular weight excluding hydrogens is 289 g/mol. The zero-order valence-electron chi connectivity index (χ0n) is 9.85. The summed E-state index contributed by atoms with van der Waals surface area (Å²) >= 11 is 11.7. The zero-order chi connectivity index (χ0) is 14.0. The summed E-state index contributed by atoms with van der Waals surface area (Å²) in [4.78, 5) is 15.0. The minimum absolute atomic E-state index is 0.0262. The summed E-state index contributed by atoms with van der Waals surface area (Å²) in [6, 6.07) is 6.20. The van der Waals surface area contributed by atoms with Crippen LogP contribution in [0.4, 0.5) is 0 Å². The Morgan fingerprint density at radius 3 is 2.42 bits per heavy atom. The predicted octanol–water partition coefficient (Wildman–Crippen LogP) is 4.19. The van der Waals surface area contributed by atoms with Gasteiger partial charge in [0.2, 0.25) is 0 Å². The number of carbonyl (C=O) groups is 1. The monoisotopic (exact) mass is 297 g/mol. The van der Waals surface area contributed by atoms with Crippen LogP contribution in [0.25, 0.3) is 0 Å². The van der Waals surface area contributed by atoms with Crippen LogP contribution in [0, 0.1) is 6.92 Å². The van der Waals surface area contributed by atoms with Crippen LogP contribution in [0.1, 0.15) is 16.1 Å². The van der Waals surface area contributed by atoms with E-state index in [0.717, 1.165) is 0 Å². The molecule has 0 radical (unpaired) electrons. The molecule has 0 saturated heterocycles. The van der Waals surface area contributed by atoms with Crippen LogP contribution in [0.2, 0.25) is 10.0 Å². The van der Waals surface area contributed by atoms with Gasteiger partial charge in [-0.05, 0) is 25.1 Å². The molecule has 98 valence electrons. The van der Waals surface area contributed by atoms with Crippen molar-refractivity contribution in [2.45, 2.75) is 6.92 Å². The largest absolute Gasteiger partial charge is 0.477 e. The highest BCUT2D eigenvalue weighted by atomic mass is 35.5. The number of hydrogen-bond donors (Lipinski definition) is 1. The SMILES string of the molecule is Cc1cc(Oc2cc(Cl)cc(Cl)c2)c(C(=O)O)cn1. The zero-order valence-corrected chi connectivity index (χ0v) is 11.4. The van der Waals surface area contributed by atoms with E-state index < -0.39 is 5.97 Å². The first-order valence-electron chi connectivity index (χ1n) is 5.29. The van der Waals surface area contributed by atoms with Gasteiger partial charge >= 0.3 is 5.97 Å². The first-order valence-corrected chi connectivity index (χ1v) is 6.05. The lowest BCUT2D eigenvalue weighted by Gasteiger charge is -2.09. The molecule has 2 aromatic rings. The molecule has 0 amide bonds. The van der Waals surface area contributed by atoms with E-state index in [1.165, 1.54) is 12.3 Å². The number of hydrogen-bond acceptors (Lipinski definition) is 3. The number of carboxylic acids is 1. The Kier molecular flexibility index (Phi) is 3.93. The van der Waals surface area contributed by atoms with Crippen molar-refractivity contribution < 1.29 is 14.6 Å². The lowest BCUT2D eigenvalue weighted by molar-refractivity contribution is 0.0693. The molecule has 19 heavy (non-hydrogen) atoms. The summed E-state index contributed by atoms with van der Waals surface area (Å²) in [6.07, 6.45) is 1.25. The van der Waals surface area contributed by atoms with Gasteiger partial charge in [0.1, 0.15) is 17.1 Å². The Balaban J connectivity index is 2.42. The number of ether oxygens (including phenoxy) is 1. The van der Waals surface area contributed by atoms with Crippen molar-refractivity contribution in [2.24, 2.45) is 0 Å². The van der Waals surface area contributed by atoms with Crippen molar-refractivity contribution in [3.63, 3.8) is 0 Å². The van der Waals surface area contributed by atoms with Gasteiger partial charge in [0.05, 0.1) is 0 Å². The van der Waals surface area contributed by atoms with Crippen molar-refractivity contribution in [3.05, 3.63) is 51.8 Å². The summed E-state index contributed by atoms with van der Waals surface area (Å²) in [7, 11) is 0.